The molecule has 0 bridgehead atoms. The van der Waals surface area contributed by atoms with Crippen LogP contribution in [-0.4, -0.2) is 25.2 Å². The van der Waals surface area contributed by atoms with Gasteiger partial charge in [0.2, 0.25) is 0 Å². The summed E-state index contributed by atoms with van der Waals surface area (Å²) in [6, 6.07) is 0. The number of fused-ring (bicyclic) bond motifs is 1. The molecule has 2 rings (SSSR count). The van der Waals surface area contributed by atoms with Gasteiger partial charge in [0.25, 0.3) is 0 Å². The zero-order valence-electron chi connectivity index (χ0n) is 13.2. The molecule has 1 aliphatic rings. The second kappa shape index (κ2) is 5.06. The van der Waals surface area contributed by atoms with E-state index in [1.165, 1.54) is 0 Å². The second-order valence-electron chi connectivity index (χ2n) is 5.82. The average molecular weight is 292 g/mol. The molecule has 0 spiro atoms. The van der Waals surface area contributed by atoms with Crippen LogP contribution in [0, 0.1) is 20.8 Å². The molecule has 0 aliphatic carbocycles. The monoisotopic (exact) mass is 292 g/mol. The third-order valence-corrected chi connectivity index (χ3v) is 4.19. The smallest absolute Gasteiger partial charge is 0.325 e. The molecule has 114 valence electrons. The van der Waals surface area contributed by atoms with E-state index in [-0.39, 0.29) is 6.47 Å². The lowest BCUT2D eigenvalue weighted by atomic mass is 9.83. The molecule has 1 aromatic carbocycles. The summed E-state index contributed by atoms with van der Waals surface area (Å²) in [5, 5.41) is 0. The summed E-state index contributed by atoms with van der Waals surface area (Å²) in [6.45, 7) is 9.55. The third kappa shape index (κ3) is 2.17. The predicted octanol–water partition coefficient (Wildman–Crippen LogP) is 2.57. The van der Waals surface area contributed by atoms with Crippen molar-refractivity contribution in [1.29, 1.82) is 0 Å². The third-order valence-electron chi connectivity index (χ3n) is 4.19. The van der Waals surface area contributed by atoms with Gasteiger partial charge >= 0.3 is 12.4 Å². The molecule has 1 aromatic rings. The first kappa shape index (κ1) is 15.4. The van der Waals surface area contributed by atoms with Gasteiger partial charge in [-0.2, -0.15) is 0 Å². The van der Waals surface area contributed by atoms with Crippen molar-refractivity contribution < 1.29 is 23.8 Å². The molecule has 5 nitrogen and oxygen atoms in total. The number of carbonyl (C=O) groups is 2. The van der Waals surface area contributed by atoms with E-state index in [0.29, 0.717) is 5.75 Å². The summed E-state index contributed by atoms with van der Waals surface area (Å²) in [4.78, 5) is 22.7. The van der Waals surface area contributed by atoms with Gasteiger partial charge in [-0.1, -0.05) is 0 Å². The number of benzene rings is 1. The van der Waals surface area contributed by atoms with Gasteiger partial charge in [-0.15, -0.1) is 0 Å². The first-order valence-electron chi connectivity index (χ1n) is 6.77. The molecule has 1 atom stereocenters. The minimum atomic E-state index is -0.781. The van der Waals surface area contributed by atoms with Crippen molar-refractivity contribution in [3.8, 4) is 11.5 Å². The van der Waals surface area contributed by atoms with Gasteiger partial charge in [0.05, 0.1) is 7.11 Å². The van der Waals surface area contributed by atoms with Crippen LogP contribution in [0.3, 0.4) is 0 Å². The van der Waals surface area contributed by atoms with Crippen molar-refractivity contribution in [2.24, 2.45) is 0 Å². The molecule has 1 heterocycles. The highest BCUT2D eigenvalue weighted by Crippen LogP contribution is 2.51. The zero-order valence-corrected chi connectivity index (χ0v) is 13.2. The van der Waals surface area contributed by atoms with E-state index in [1.54, 1.807) is 7.11 Å². The lowest BCUT2D eigenvalue weighted by molar-refractivity contribution is -0.155. The summed E-state index contributed by atoms with van der Waals surface area (Å²) in [5.74, 6) is 0.146. The molecule has 0 fully saturated rings. The van der Waals surface area contributed by atoms with E-state index in [1.807, 2.05) is 34.6 Å². The van der Waals surface area contributed by atoms with Crippen LogP contribution >= 0.6 is 0 Å². The molecule has 1 unspecified atom stereocenters. The van der Waals surface area contributed by atoms with E-state index in [9.17, 15) is 9.59 Å². The molecule has 0 saturated heterocycles. The molecule has 0 amide bonds. The number of hydrogen-bond donors (Lipinski definition) is 0. The van der Waals surface area contributed by atoms with Gasteiger partial charge in [0.15, 0.2) is 0 Å². The fourth-order valence-electron chi connectivity index (χ4n) is 3.09. The molecule has 21 heavy (non-hydrogen) atoms. The molecule has 0 N–H and O–H groups in total. The number of rotatable bonds is 3. The van der Waals surface area contributed by atoms with Crippen LogP contribution in [-0.2, 0) is 14.3 Å². The van der Waals surface area contributed by atoms with Crippen LogP contribution < -0.4 is 9.47 Å². The highest BCUT2D eigenvalue weighted by molar-refractivity contribution is 5.87. The Labute approximate surface area is 124 Å². The van der Waals surface area contributed by atoms with Gasteiger partial charge in [0, 0.05) is 5.56 Å². The minimum absolute atomic E-state index is 0.157. The zero-order chi connectivity index (χ0) is 15.9. The van der Waals surface area contributed by atoms with Crippen LogP contribution in [0.5, 0.6) is 11.5 Å². The summed E-state index contributed by atoms with van der Waals surface area (Å²) < 4.78 is 16.0. The Balaban J connectivity index is 2.73. The normalized spacial score (nSPS) is 18.7. The first-order valence-corrected chi connectivity index (χ1v) is 6.77. The van der Waals surface area contributed by atoms with Crippen LogP contribution in [0.2, 0.25) is 0 Å². The Bertz CT molecular complexity index is 616. The van der Waals surface area contributed by atoms with Crippen LogP contribution in [0.4, 0.5) is 0 Å². The number of esters is 1. The Hall–Kier alpha value is -2.04. The van der Waals surface area contributed by atoms with E-state index in [0.717, 1.165) is 28.0 Å². The first-order chi connectivity index (χ1) is 9.76. The largest absolute Gasteiger partial charge is 0.496 e. The lowest BCUT2D eigenvalue weighted by Gasteiger charge is -2.24. The van der Waals surface area contributed by atoms with Gasteiger partial charge in [0.1, 0.15) is 23.0 Å². The quantitative estimate of drug-likeness (QED) is 0.487. The maximum atomic E-state index is 12.2. The van der Waals surface area contributed by atoms with Crippen LogP contribution in [0.1, 0.15) is 42.0 Å². The van der Waals surface area contributed by atoms with Crippen molar-refractivity contribution in [1.82, 2.24) is 0 Å². The van der Waals surface area contributed by atoms with Crippen LogP contribution in [0.25, 0.3) is 0 Å². The Morgan fingerprint density at radius 2 is 1.81 bits per heavy atom. The van der Waals surface area contributed by atoms with Gasteiger partial charge in [-0.25, -0.2) is 0 Å². The van der Waals surface area contributed by atoms with Crippen molar-refractivity contribution in [3.63, 3.8) is 0 Å². The molecule has 1 aliphatic heterocycles. The molecule has 0 radical (unpaired) electrons. The number of hydrogen-bond acceptors (Lipinski definition) is 5. The van der Waals surface area contributed by atoms with Crippen molar-refractivity contribution in [2.45, 2.75) is 46.1 Å². The van der Waals surface area contributed by atoms with Gasteiger partial charge < -0.3 is 14.2 Å². The molecular weight excluding hydrogens is 272 g/mol. The fraction of sp³-hybridized carbons (Fsp3) is 0.500. The van der Waals surface area contributed by atoms with Gasteiger partial charge in [-0.05, 0) is 51.3 Å². The van der Waals surface area contributed by atoms with Crippen molar-refractivity contribution in [2.75, 3.05) is 7.11 Å². The fourth-order valence-corrected chi connectivity index (χ4v) is 3.09. The Kier molecular flexibility index (Phi) is 3.70. The SMILES string of the molecule is COc1c(C)c(C)c2c(c1C)C(C(=O)OC=O)C(C)(C)O2. The van der Waals surface area contributed by atoms with Gasteiger partial charge in [-0.3, -0.25) is 9.59 Å². The Morgan fingerprint density at radius 3 is 2.33 bits per heavy atom. The minimum Gasteiger partial charge on any atom is -0.496 e. The second-order valence-corrected chi connectivity index (χ2v) is 5.82. The summed E-state index contributed by atoms with van der Waals surface area (Å²) in [7, 11) is 1.60. The lowest BCUT2D eigenvalue weighted by Crippen LogP contribution is -2.36. The molecule has 0 aromatic heterocycles. The average Bonchev–Trinajstić information content (AvgIpc) is 2.69. The standard InChI is InChI=1S/C16H20O5/c1-8-9(2)14-11(10(3)13(8)19-6)12(15(18)20-7-17)16(4,5)21-14/h7,12H,1-6H3. The summed E-state index contributed by atoms with van der Waals surface area (Å²) in [5.41, 5.74) is 2.72. The maximum Gasteiger partial charge on any atom is 0.325 e. The number of ether oxygens (including phenoxy) is 3. The van der Waals surface area contributed by atoms with Crippen molar-refractivity contribution >= 4 is 12.4 Å². The number of methoxy groups -OCH3 is 1. The highest BCUT2D eigenvalue weighted by atomic mass is 16.6. The number of carbonyl (C=O) groups excluding carboxylic acids is 2. The topological polar surface area (TPSA) is 61.8 Å². The molecule has 5 heteroatoms. The Morgan fingerprint density at radius 1 is 1.19 bits per heavy atom. The van der Waals surface area contributed by atoms with E-state index < -0.39 is 17.5 Å². The van der Waals surface area contributed by atoms with Crippen LogP contribution in [0.15, 0.2) is 0 Å². The molecular formula is C16H20O5. The predicted molar refractivity (Wildman–Crippen MR) is 76.8 cm³/mol. The van der Waals surface area contributed by atoms with E-state index in [4.69, 9.17) is 9.47 Å². The van der Waals surface area contributed by atoms with Crippen molar-refractivity contribution in [3.05, 3.63) is 22.3 Å². The summed E-state index contributed by atoms with van der Waals surface area (Å²) >= 11 is 0. The molecule has 0 saturated carbocycles. The van der Waals surface area contributed by atoms with E-state index >= 15 is 0 Å². The highest BCUT2D eigenvalue weighted by Gasteiger charge is 2.49. The maximum absolute atomic E-state index is 12.2. The summed E-state index contributed by atoms with van der Waals surface area (Å²) in [6.07, 6.45) is 0. The van der Waals surface area contributed by atoms with E-state index in [2.05, 4.69) is 4.74 Å².